The van der Waals surface area contributed by atoms with E-state index in [4.69, 9.17) is 4.74 Å². The van der Waals surface area contributed by atoms with Crippen LogP contribution in [0.4, 0.5) is 0 Å². The number of hydrogen-bond acceptors (Lipinski definition) is 1. The van der Waals surface area contributed by atoms with Gasteiger partial charge < -0.3 is 0 Å². The van der Waals surface area contributed by atoms with Crippen LogP contribution in [0.15, 0.2) is 28.3 Å². The Labute approximate surface area is 94.3 Å². The summed E-state index contributed by atoms with van der Waals surface area (Å²) >= 11 is -0.0437. The third-order valence-corrected chi connectivity index (χ3v) is 4.70. The third-order valence-electron chi connectivity index (χ3n) is 2.19. The molecular formula is C12H14OTe. The zero-order valence-corrected chi connectivity index (χ0v) is 10.7. The zero-order valence-electron chi connectivity index (χ0n) is 8.32. The molecule has 0 amide bonds. The van der Waals surface area contributed by atoms with Crippen LogP contribution >= 0.6 is 0 Å². The Morgan fingerprint density at radius 3 is 3.07 bits per heavy atom. The van der Waals surface area contributed by atoms with Crippen LogP contribution in [0.1, 0.15) is 19.8 Å². The first-order chi connectivity index (χ1) is 6.90. The first kappa shape index (κ1) is 10.1. The second-order valence-corrected chi connectivity index (χ2v) is 6.03. The van der Waals surface area contributed by atoms with Crippen molar-refractivity contribution in [3.8, 4) is 5.75 Å². The summed E-state index contributed by atoms with van der Waals surface area (Å²) in [5, 5.41) is 1.40. The van der Waals surface area contributed by atoms with E-state index in [1.807, 2.05) is 0 Å². The van der Waals surface area contributed by atoms with E-state index in [0.29, 0.717) is 0 Å². The average Bonchev–Trinajstić information content (AvgIpc) is 2.65. The Bertz CT molecular complexity index is 405. The molecule has 0 unspecified atom stereocenters. The van der Waals surface area contributed by atoms with Gasteiger partial charge in [0.05, 0.1) is 0 Å². The molecule has 1 heterocycles. The molecule has 2 rings (SSSR count). The minimum absolute atomic E-state index is 0.0437. The normalized spacial score (nSPS) is 10.6. The van der Waals surface area contributed by atoms with Crippen LogP contribution < -0.4 is 4.74 Å². The van der Waals surface area contributed by atoms with Gasteiger partial charge in [-0.15, -0.1) is 0 Å². The predicted molar refractivity (Wildman–Crippen MR) is 61.3 cm³/mol. The molecule has 0 radical (unpaired) electrons. The second-order valence-electron chi connectivity index (χ2n) is 3.32. The van der Waals surface area contributed by atoms with E-state index in [-0.39, 0.29) is 20.4 Å². The fourth-order valence-electron chi connectivity index (χ4n) is 1.36. The molecule has 1 aromatic heterocycles. The van der Waals surface area contributed by atoms with Crippen molar-refractivity contribution >= 4 is 29.2 Å². The topological polar surface area (TPSA) is 9.23 Å². The number of benzene rings is 1. The monoisotopic (exact) mass is 304 g/mol. The average molecular weight is 302 g/mol. The Morgan fingerprint density at radius 1 is 1.29 bits per heavy atom. The van der Waals surface area contributed by atoms with Crippen molar-refractivity contribution in [3.63, 3.8) is 0 Å². The molecule has 0 fully saturated rings. The summed E-state index contributed by atoms with van der Waals surface area (Å²) in [5.74, 6) is 1.05. The number of ether oxygens (including phenoxy) is 1. The molecule has 2 aromatic rings. The molecular weight excluding hydrogens is 288 g/mol. The van der Waals surface area contributed by atoms with Gasteiger partial charge in [-0.25, -0.2) is 0 Å². The van der Waals surface area contributed by atoms with E-state index in [9.17, 15) is 0 Å². The van der Waals surface area contributed by atoms with Gasteiger partial charge in [-0.3, -0.25) is 0 Å². The molecule has 1 nitrogen and oxygen atoms in total. The molecule has 0 saturated carbocycles. The first-order valence-electron chi connectivity index (χ1n) is 5.00. The van der Waals surface area contributed by atoms with Crippen LogP contribution in [-0.4, -0.2) is 27.0 Å². The molecule has 74 valence electrons. The molecule has 2 heteroatoms. The maximum atomic E-state index is 5.66. The number of unbranched alkanes of at least 4 members (excludes halogenated alkanes) is 1. The molecule has 14 heavy (non-hydrogen) atoms. The second kappa shape index (κ2) is 4.87. The number of rotatable bonds is 4. The standard InChI is InChI=1S/C12H14OTe/c1-2-3-7-13-11-5-4-10-6-8-14-12(10)9-11/h4-6,8-9H,2-3,7H2,1H3. The molecule has 0 N–H and O–H groups in total. The summed E-state index contributed by atoms with van der Waals surface area (Å²) in [6.45, 7) is 3.03. The molecule has 0 saturated heterocycles. The maximum absolute atomic E-state index is 5.66. The quantitative estimate of drug-likeness (QED) is 0.623. The van der Waals surface area contributed by atoms with Gasteiger partial charge >= 0.3 is 94.4 Å². The molecule has 0 aliphatic heterocycles. The molecule has 0 atom stereocenters. The van der Waals surface area contributed by atoms with E-state index in [0.717, 1.165) is 18.8 Å². The van der Waals surface area contributed by atoms with Crippen LogP contribution in [0.25, 0.3) is 8.79 Å². The molecule has 0 aliphatic rings. The number of hydrogen-bond donors (Lipinski definition) is 0. The van der Waals surface area contributed by atoms with Crippen molar-refractivity contribution in [1.82, 2.24) is 0 Å². The van der Waals surface area contributed by atoms with E-state index in [2.05, 4.69) is 35.3 Å². The van der Waals surface area contributed by atoms with Crippen molar-refractivity contribution in [2.24, 2.45) is 0 Å². The Balaban J connectivity index is 2.10. The minimum atomic E-state index is -0.0437. The van der Waals surface area contributed by atoms with Crippen molar-refractivity contribution in [3.05, 3.63) is 28.3 Å². The summed E-state index contributed by atoms with van der Waals surface area (Å²) in [4.78, 5) is 0. The molecule has 1 aromatic carbocycles. The van der Waals surface area contributed by atoms with Crippen LogP contribution in [-0.2, 0) is 0 Å². The molecule has 0 spiro atoms. The zero-order chi connectivity index (χ0) is 9.80. The molecule has 0 aliphatic carbocycles. The summed E-state index contributed by atoms with van der Waals surface area (Å²) in [7, 11) is 0. The van der Waals surface area contributed by atoms with Gasteiger partial charge in [0.1, 0.15) is 0 Å². The van der Waals surface area contributed by atoms with Crippen molar-refractivity contribution in [1.29, 1.82) is 0 Å². The van der Waals surface area contributed by atoms with Crippen molar-refractivity contribution < 1.29 is 4.74 Å². The van der Waals surface area contributed by atoms with Gasteiger partial charge in [0, 0.05) is 0 Å². The summed E-state index contributed by atoms with van der Waals surface area (Å²) in [5.41, 5.74) is 0. The van der Waals surface area contributed by atoms with Crippen molar-refractivity contribution in [2.45, 2.75) is 19.8 Å². The third kappa shape index (κ3) is 2.32. The fourth-order valence-corrected chi connectivity index (χ4v) is 3.69. The summed E-state index contributed by atoms with van der Waals surface area (Å²) < 4.78 is 9.51. The number of fused-ring (bicyclic) bond motifs is 1. The van der Waals surface area contributed by atoms with Gasteiger partial charge in [-0.1, -0.05) is 0 Å². The Morgan fingerprint density at radius 2 is 2.21 bits per heavy atom. The van der Waals surface area contributed by atoms with Crippen LogP contribution in [0, 0.1) is 0 Å². The van der Waals surface area contributed by atoms with Crippen LogP contribution in [0.2, 0.25) is 0 Å². The van der Waals surface area contributed by atoms with Crippen LogP contribution in [0.5, 0.6) is 5.75 Å². The van der Waals surface area contributed by atoms with Gasteiger partial charge in [-0.2, -0.15) is 0 Å². The van der Waals surface area contributed by atoms with Crippen LogP contribution in [0.3, 0.4) is 0 Å². The fraction of sp³-hybridized carbons (Fsp3) is 0.333. The van der Waals surface area contributed by atoms with E-state index in [1.165, 1.54) is 15.2 Å². The first-order valence-corrected chi connectivity index (χ1v) is 7.51. The SMILES string of the molecule is CCCCOc1ccc2cc[te]c2c1. The van der Waals surface area contributed by atoms with Crippen molar-refractivity contribution in [2.75, 3.05) is 6.61 Å². The molecule has 0 bridgehead atoms. The van der Waals surface area contributed by atoms with E-state index in [1.54, 1.807) is 0 Å². The van der Waals surface area contributed by atoms with E-state index < -0.39 is 0 Å². The van der Waals surface area contributed by atoms with E-state index >= 15 is 0 Å². The van der Waals surface area contributed by atoms with Gasteiger partial charge in [0.25, 0.3) is 0 Å². The summed E-state index contributed by atoms with van der Waals surface area (Å²) in [6.07, 6.45) is 2.34. The van der Waals surface area contributed by atoms with Gasteiger partial charge in [0.15, 0.2) is 0 Å². The Hall–Kier alpha value is -0.450. The Kier molecular flexibility index (Phi) is 3.50. The predicted octanol–water partition coefficient (Wildman–Crippen LogP) is 3.08. The van der Waals surface area contributed by atoms with Gasteiger partial charge in [0.2, 0.25) is 0 Å². The van der Waals surface area contributed by atoms with Gasteiger partial charge in [-0.05, 0) is 0 Å². The summed E-state index contributed by atoms with van der Waals surface area (Å²) in [6, 6.07) is 8.70.